The summed E-state index contributed by atoms with van der Waals surface area (Å²) in [5, 5.41) is 0.286. The van der Waals surface area contributed by atoms with E-state index in [1.54, 1.807) is 50.0 Å². The van der Waals surface area contributed by atoms with Crippen molar-refractivity contribution in [1.29, 1.82) is 0 Å². The second-order valence-electron chi connectivity index (χ2n) is 4.19. The molecule has 0 atom stereocenters. The van der Waals surface area contributed by atoms with Gasteiger partial charge in [-0.05, 0) is 5.19 Å². The predicted octanol–water partition coefficient (Wildman–Crippen LogP) is 2.69. The van der Waals surface area contributed by atoms with Crippen LogP contribution in [0.5, 0.6) is 0 Å². The number of halogens is 2. The fourth-order valence-electron chi connectivity index (χ4n) is 1.08. The molecule has 0 N–H and O–H groups in total. The molecule has 0 aliphatic carbocycles. The molecule has 0 bridgehead atoms. The van der Waals surface area contributed by atoms with Crippen molar-refractivity contribution in [3.8, 4) is 0 Å². The molecule has 0 aliphatic rings. The van der Waals surface area contributed by atoms with Gasteiger partial charge in [-0.2, -0.15) is 0 Å². The monoisotopic (exact) mass is 216 g/mol. The zero-order valence-electron chi connectivity index (χ0n) is 8.14. The van der Waals surface area contributed by atoms with Crippen LogP contribution in [-0.2, 0) is 0 Å². The van der Waals surface area contributed by atoms with Gasteiger partial charge in [0.05, 0.1) is 0 Å². The van der Waals surface area contributed by atoms with Crippen LogP contribution >= 0.6 is 0 Å². The second-order valence-corrected chi connectivity index (χ2v) is 16.8. The normalized spacial score (nSPS) is 13.0. The molecule has 1 rings (SSSR count). The Morgan fingerprint density at radius 3 is 1.77 bits per heavy atom. The van der Waals surface area contributed by atoms with Crippen LogP contribution in [0.15, 0.2) is 30.3 Å². The molecule has 13 heavy (non-hydrogen) atoms. The number of benzene rings is 1. The standard InChI is InChI=1S/C9H14F2Si2/c1-12(2,3)13(10,11)9-7-5-4-6-8-9/h4-8H,1-3H3. The Kier molecular flexibility index (Phi) is 2.72. The van der Waals surface area contributed by atoms with E-state index >= 15 is 0 Å². The van der Waals surface area contributed by atoms with Crippen LogP contribution in [0.1, 0.15) is 0 Å². The highest BCUT2D eigenvalue weighted by molar-refractivity contribution is 7.40. The van der Waals surface area contributed by atoms with Crippen molar-refractivity contribution >= 4 is 21.0 Å². The van der Waals surface area contributed by atoms with Crippen molar-refractivity contribution in [3.05, 3.63) is 30.3 Å². The Hall–Kier alpha value is -0.486. The van der Waals surface area contributed by atoms with E-state index in [0.717, 1.165) is 0 Å². The van der Waals surface area contributed by atoms with Crippen LogP contribution in [0.3, 0.4) is 0 Å². The predicted molar refractivity (Wildman–Crippen MR) is 57.4 cm³/mol. The van der Waals surface area contributed by atoms with E-state index in [1.807, 2.05) is 0 Å². The van der Waals surface area contributed by atoms with Gasteiger partial charge in [-0.25, -0.2) is 0 Å². The Bertz CT molecular complexity index is 277. The number of rotatable bonds is 2. The summed E-state index contributed by atoms with van der Waals surface area (Å²) in [5.74, 6) is 0. The molecule has 0 saturated heterocycles. The molecule has 0 spiro atoms. The van der Waals surface area contributed by atoms with Gasteiger partial charge in [0.15, 0.2) is 0 Å². The summed E-state index contributed by atoms with van der Waals surface area (Å²) in [4.78, 5) is 0. The second kappa shape index (κ2) is 3.34. The molecule has 0 unspecified atom stereocenters. The van der Waals surface area contributed by atoms with E-state index in [2.05, 4.69) is 0 Å². The van der Waals surface area contributed by atoms with Crippen molar-refractivity contribution in [1.82, 2.24) is 0 Å². The first kappa shape index (κ1) is 10.6. The van der Waals surface area contributed by atoms with Gasteiger partial charge in [0.25, 0.3) is 0 Å². The molecule has 0 aromatic heterocycles. The van der Waals surface area contributed by atoms with Crippen LogP contribution in [0.2, 0.25) is 19.6 Å². The van der Waals surface area contributed by atoms with Crippen LogP contribution < -0.4 is 5.19 Å². The molecule has 1 aromatic rings. The maximum Gasteiger partial charge on any atom is 0.432 e. The lowest BCUT2D eigenvalue weighted by atomic mass is 10.4. The third-order valence-corrected chi connectivity index (χ3v) is 11.5. The molecule has 4 heteroatoms. The average Bonchev–Trinajstić information content (AvgIpc) is 2.04. The van der Waals surface area contributed by atoms with Gasteiger partial charge in [-0.3, -0.25) is 8.22 Å². The highest BCUT2D eigenvalue weighted by Crippen LogP contribution is 2.21. The van der Waals surface area contributed by atoms with Crippen molar-refractivity contribution < 1.29 is 8.22 Å². The summed E-state index contributed by atoms with van der Waals surface area (Å²) < 4.78 is 27.7. The molecule has 0 saturated carbocycles. The fraction of sp³-hybridized carbons (Fsp3) is 0.333. The molecule has 0 amide bonds. The van der Waals surface area contributed by atoms with Crippen molar-refractivity contribution in [3.63, 3.8) is 0 Å². The Morgan fingerprint density at radius 1 is 0.923 bits per heavy atom. The molecule has 0 heterocycles. The minimum Gasteiger partial charge on any atom is -0.269 e. The quantitative estimate of drug-likeness (QED) is 0.527. The molecule has 0 aliphatic heterocycles. The maximum atomic E-state index is 13.9. The van der Waals surface area contributed by atoms with Crippen molar-refractivity contribution in [2.24, 2.45) is 0 Å². The third kappa shape index (κ3) is 2.06. The largest absolute Gasteiger partial charge is 0.432 e. The SMILES string of the molecule is C[Si](C)(C)[Si](F)(F)c1ccccc1. The van der Waals surface area contributed by atoms with Gasteiger partial charge in [0.1, 0.15) is 7.59 Å². The zero-order valence-corrected chi connectivity index (χ0v) is 10.1. The summed E-state index contributed by atoms with van der Waals surface area (Å²) in [6, 6.07) is 8.28. The topological polar surface area (TPSA) is 0 Å². The highest BCUT2D eigenvalue weighted by atomic mass is 29.3. The van der Waals surface area contributed by atoms with Crippen molar-refractivity contribution in [2.45, 2.75) is 19.6 Å². The lowest BCUT2D eigenvalue weighted by molar-refractivity contribution is 0.661. The first-order valence-electron chi connectivity index (χ1n) is 4.29. The summed E-state index contributed by atoms with van der Waals surface area (Å²) in [5.41, 5.74) is 0. The van der Waals surface area contributed by atoms with Gasteiger partial charge in [0.2, 0.25) is 0 Å². The molecular formula is C9H14F2Si2. The molecule has 0 radical (unpaired) electrons. The first-order valence-corrected chi connectivity index (χ1v) is 10.5. The minimum atomic E-state index is -4.14. The van der Waals surface area contributed by atoms with Gasteiger partial charge in [-0.15, -0.1) is 0 Å². The Morgan fingerprint density at radius 2 is 1.38 bits per heavy atom. The lowest BCUT2D eigenvalue weighted by Gasteiger charge is -2.25. The summed E-state index contributed by atoms with van der Waals surface area (Å²) in [7, 11) is -6.46. The van der Waals surface area contributed by atoms with Gasteiger partial charge < -0.3 is 0 Å². The van der Waals surface area contributed by atoms with Crippen LogP contribution in [-0.4, -0.2) is 15.9 Å². The summed E-state index contributed by atoms with van der Waals surface area (Å²) in [6.07, 6.45) is 0. The van der Waals surface area contributed by atoms with Crippen LogP contribution in [0.4, 0.5) is 8.22 Å². The maximum absolute atomic E-state index is 13.9. The summed E-state index contributed by atoms with van der Waals surface area (Å²) in [6.45, 7) is 5.23. The van der Waals surface area contributed by atoms with Crippen LogP contribution in [0.25, 0.3) is 0 Å². The van der Waals surface area contributed by atoms with Gasteiger partial charge in [-0.1, -0.05) is 50.0 Å². The minimum absolute atomic E-state index is 0.286. The Labute approximate surface area is 79.8 Å². The van der Waals surface area contributed by atoms with E-state index in [4.69, 9.17) is 0 Å². The number of hydrogen-bond donors (Lipinski definition) is 0. The first-order chi connectivity index (χ1) is 5.86. The van der Waals surface area contributed by atoms with E-state index in [0.29, 0.717) is 0 Å². The molecule has 0 fully saturated rings. The van der Waals surface area contributed by atoms with Crippen LogP contribution in [0, 0.1) is 0 Å². The lowest BCUT2D eigenvalue weighted by Crippen LogP contribution is -2.59. The van der Waals surface area contributed by atoms with E-state index in [9.17, 15) is 8.22 Å². The molecule has 72 valence electrons. The Balaban J connectivity index is 3.08. The van der Waals surface area contributed by atoms with E-state index in [-0.39, 0.29) is 5.19 Å². The molecule has 1 aromatic carbocycles. The fourth-order valence-corrected chi connectivity index (χ4v) is 5.66. The zero-order chi connectivity index (χ0) is 10.1. The van der Waals surface area contributed by atoms with Gasteiger partial charge >= 0.3 is 8.26 Å². The summed E-state index contributed by atoms with van der Waals surface area (Å²) >= 11 is 0. The smallest absolute Gasteiger partial charge is 0.269 e. The van der Waals surface area contributed by atoms with E-state index in [1.165, 1.54) is 0 Å². The average molecular weight is 216 g/mol. The molecule has 0 nitrogen and oxygen atoms in total. The van der Waals surface area contributed by atoms with Crippen molar-refractivity contribution in [2.75, 3.05) is 0 Å². The number of hydrogen-bond acceptors (Lipinski definition) is 0. The van der Waals surface area contributed by atoms with Gasteiger partial charge in [0, 0.05) is 0 Å². The molecular weight excluding hydrogens is 202 g/mol. The van der Waals surface area contributed by atoms with E-state index < -0.39 is 15.9 Å². The highest BCUT2D eigenvalue weighted by Gasteiger charge is 2.51. The third-order valence-electron chi connectivity index (χ3n) is 2.08.